The lowest BCUT2D eigenvalue weighted by Crippen LogP contribution is -1.98. The van der Waals surface area contributed by atoms with Gasteiger partial charge in [-0.1, -0.05) is 22.9 Å². The normalized spacial score (nSPS) is 12.4. The largest absolute Gasteiger partial charge is 0.508 e. The molecule has 15 heavy (non-hydrogen) atoms. The average Bonchev–Trinajstić information content (AvgIpc) is 2.20. The molecule has 0 radical (unpaired) electrons. The summed E-state index contributed by atoms with van der Waals surface area (Å²) in [7, 11) is 0. The van der Waals surface area contributed by atoms with Crippen LogP contribution in [0.3, 0.4) is 0 Å². The molecule has 1 N–H and O–H groups in total. The van der Waals surface area contributed by atoms with Crippen LogP contribution in [0.2, 0.25) is 0 Å². The lowest BCUT2D eigenvalue weighted by atomic mass is 10.2. The van der Waals surface area contributed by atoms with Crippen LogP contribution in [0.25, 0.3) is 0 Å². The van der Waals surface area contributed by atoms with Crippen molar-refractivity contribution in [2.45, 2.75) is 31.0 Å². The van der Waals surface area contributed by atoms with Crippen molar-refractivity contribution >= 4 is 15.9 Å². The standard InChI is InChI=1S/C12H17BrO2/c1-10(13)4-2-3-9-15-12-7-5-11(14)6-8-12/h5-8,10,14H,2-4,9H2,1H3. The van der Waals surface area contributed by atoms with E-state index in [0.29, 0.717) is 4.83 Å². The summed E-state index contributed by atoms with van der Waals surface area (Å²) in [6.45, 7) is 2.89. The highest BCUT2D eigenvalue weighted by Gasteiger charge is 1.97. The van der Waals surface area contributed by atoms with Gasteiger partial charge in [-0.25, -0.2) is 0 Å². The van der Waals surface area contributed by atoms with Gasteiger partial charge in [0.25, 0.3) is 0 Å². The summed E-state index contributed by atoms with van der Waals surface area (Å²) in [6.07, 6.45) is 3.42. The van der Waals surface area contributed by atoms with E-state index in [9.17, 15) is 0 Å². The van der Waals surface area contributed by atoms with Gasteiger partial charge >= 0.3 is 0 Å². The van der Waals surface area contributed by atoms with Crippen molar-refractivity contribution in [2.24, 2.45) is 0 Å². The topological polar surface area (TPSA) is 29.5 Å². The molecule has 1 aromatic carbocycles. The molecule has 1 aromatic rings. The summed E-state index contributed by atoms with van der Waals surface area (Å²) in [6, 6.07) is 6.83. The third kappa shape index (κ3) is 5.67. The third-order valence-electron chi connectivity index (χ3n) is 2.10. The molecule has 1 unspecified atom stereocenters. The zero-order chi connectivity index (χ0) is 11.1. The number of hydrogen-bond acceptors (Lipinski definition) is 2. The third-order valence-corrected chi connectivity index (χ3v) is 2.56. The molecule has 0 aromatic heterocycles. The molecule has 0 aliphatic heterocycles. The fraction of sp³-hybridized carbons (Fsp3) is 0.500. The summed E-state index contributed by atoms with van der Waals surface area (Å²) in [4.78, 5) is 0.589. The second kappa shape index (κ2) is 6.72. The summed E-state index contributed by atoms with van der Waals surface area (Å²) >= 11 is 3.51. The Labute approximate surface area is 99.4 Å². The first-order valence-electron chi connectivity index (χ1n) is 5.24. The molecule has 3 heteroatoms. The fourth-order valence-electron chi connectivity index (χ4n) is 1.26. The number of unbranched alkanes of at least 4 members (excludes halogenated alkanes) is 1. The maximum Gasteiger partial charge on any atom is 0.119 e. The van der Waals surface area contributed by atoms with Crippen molar-refractivity contribution in [1.82, 2.24) is 0 Å². The van der Waals surface area contributed by atoms with Gasteiger partial charge in [0.05, 0.1) is 6.61 Å². The Balaban J connectivity index is 2.12. The number of benzene rings is 1. The van der Waals surface area contributed by atoms with Gasteiger partial charge < -0.3 is 9.84 Å². The number of hydrogen-bond donors (Lipinski definition) is 1. The Morgan fingerprint density at radius 1 is 1.27 bits per heavy atom. The molecule has 0 aliphatic rings. The highest BCUT2D eigenvalue weighted by molar-refractivity contribution is 9.09. The van der Waals surface area contributed by atoms with E-state index in [2.05, 4.69) is 22.9 Å². The lowest BCUT2D eigenvalue weighted by Gasteiger charge is -2.06. The zero-order valence-corrected chi connectivity index (χ0v) is 10.5. The van der Waals surface area contributed by atoms with Crippen molar-refractivity contribution in [3.8, 4) is 11.5 Å². The van der Waals surface area contributed by atoms with Crippen molar-refractivity contribution in [3.63, 3.8) is 0 Å². The molecule has 0 bridgehead atoms. The summed E-state index contributed by atoms with van der Waals surface area (Å²) in [5.41, 5.74) is 0. The van der Waals surface area contributed by atoms with Crippen molar-refractivity contribution in [2.75, 3.05) is 6.61 Å². The molecule has 0 fully saturated rings. The van der Waals surface area contributed by atoms with Crippen molar-refractivity contribution in [3.05, 3.63) is 24.3 Å². The minimum Gasteiger partial charge on any atom is -0.508 e. The van der Waals surface area contributed by atoms with Crippen molar-refractivity contribution < 1.29 is 9.84 Å². The minimum absolute atomic E-state index is 0.274. The minimum atomic E-state index is 0.274. The van der Waals surface area contributed by atoms with Crippen LogP contribution in [-0.2, 0) is 0 Å². The van der Waals surface area contributed by atoms with Crippen LogP contribution in [0, 0.1) is 0 Å². The monoisotopic (exact) mass is 272 g/mol. The van der Waals surface area contributed by atoms with Crippen LogP contribution < -0.4 is 4.74 Å². The first-order valence-corrected chi connectivity index (χ1v) is 6.16. The highest BCUT2D eigenvalue weighted by atomic mass is 79.9. The number of ether oxygens (including phenoxy) is 1. The van der Waals surface area contributed by atoms with E-state index in [1.807, 2.05) is 0 Å². The fourth-order valence-corrected chi connectivity index (χ4v) is 1.58. The van der Waals surface area contributed by atoms with Crippen LogP contribution in [0.15, 0.2) is 24.3 Å². The Bertz CT molecular complexity index is 269. The molecule has 0 saturated carbocycles. The average molecular weight is 273 g/mol. The number of rotatable bonds is 6. The molecule has 1 rings (SSSR count). The van der Waals surface area contributed by atoms with Gasteiger partial charge in [0.2, 0.25) is 0 Å². The number of halogens is 1. The Kier molecular flexibility index (Phi) is 5.54. The van der Waals surface area contributed by atoms with Crippen LogP contribution >= 0.6 is 15.9 Å². The van der Waals surface area contributed by atoms with Crippen LogP contribution in [0.5, 0.6) is 11.5 Å². The Morgan fingerprint density at radius 2 is 1.93 bits per heavy atom. The molecule has 0 amide bonds. The summed E-state index contributed by atoms with van der Waals surface area (Å²) in [5.74, 6) is 1.09. The van der Waals surface area contributed by atoms with Gasteiger partial charge in [-0.3, -0.25) is 0 Å². The maximum absolute atomic E-state index is 9.07. The summed E-state index contributed by atoms with van der Waals surface area (Å²) in [5, 5.41) is 9.07. The van der Waals surface area contributed by atoms with Crippen LogP contribution in [0.4, 0.5) is 0 Å². The van der Waals surface area contributed by atoms with E-state index in [-0.39, 0.29) is 5.75 Å². The maximum atomic E-state index is 9.07. The lowest BCUT2D eigenvalue weighted by molar-refractivity contribution is 0.305. The molecule has 84 valence electrons. The molecule has 0 heterocycles. The van der Waals surface area contributed by atoms with Crippen molar-refractivity contribution in [1.29, 1.82) is 0 Å². The summed E-state index contributed by atoms with van der Waals surface area (Å²) < 4.78 is 5.52. The molecule has 0 aliphatic carbocycles. The van der Waals surface area contributed by atoms with E-state index < -0.39 is 0 Å². The molecular weight excluding hydrogens is 256 g/mol. The van der Waals surface area contributed by atoms with Gasteiger partial charge in [-0.05, 0) is 43.5 Å². The predicted molar refractivity (Wildman–Crippen MR) is 65.8 cm³/mol. The van der Waals surface area contributed by atoms with Gasteiger partial charge in [0.1, 0.15) is 11.5 Å². The quantitative estimate of drug-likeness (QED) is 0.632. The van der Waals surface area contributed by atoms with E-state index in [1.54, 1.807) is 24.3 Å². The second-order valence-electron chi connectivity index (χ2n) is 3.62. The van der Waals surface area contributed by atoms with E-state index in [0.717, 1.165) is 18.8 Å². The zero-order valence-electron chi connectivity index (χ0n) is 8.95. The SMILES string of the molecule is CC(Br)CCCCOc1ccc(O)cc1. The second-order valence-corrected chi connectivity index (χ2v) is 5.18. The van der Waals surface area contributed by atoms with Gasteiger partial charge in [-0.15, -0.1) is 0 Å². The number of alkyl halides is 1. The predicted octanol–water partition coefficient (Wildman–Crippen LogP) is 3.72. The highest BCUT2D eigenvalue weighted by Crippen LogP contribution is 2.16. The first-order chi connectivity index (χ1) is 7.18. The first kappa shape index (κ1) is 12.4. The van der Waals surface area contributed by atoms with E-state index >= 15 is 0 Å². The van der Waals surface area contributed by atoms with Crippen LogP contribution in [0.1, 0.15) is 26.2 Å². The van der Waals surface area contributed by atoms with Gasteiger partial charge in [0.15, 0.2) is 0 Å². The smallest absolute Gasteiger partial charge is 0.119 e. The number of phenolic OH excluding ortho intramolecular Hbond substituents is 1. The van der Waals surface area contributed by atoms with Gasteiger partial charge in [0, 0.05) is 4.83 Å². The molecule has 1 atom stereocenters. The Hall–Kier alpha value is -0.700. The molecule has 0 saturated heterocycles. The van der Waals surface area contributed by atoms with Crippen LogP contribution in [-0.4, -0.2) is 16.5 Å². The number of aromatic hydroxyl groups is 1. The van der Waals surface area contributed by atoms with E-state index in [4.69, 9.17) is 9.84 Å². The van der Waals surface area contributed by atoms with Gasteiger partial charge in [-0.2, -0.15) is 0 Å². The molecule has 2 nitrogen and oxygen atoms in total. The van der Waals surface area contributed by atoms with E-state index in [1.165, 1.54) is 12.8 Å². The molecule has 0 spiro atoms. The Morgan fingerprint density at radius 3 is 2.53 bits per heavy atom. The number of phenols is 1. The molecular formula is C12H17BrO2.